The zero-order valence-electron chi connectivity index (χ0n) is 10.5. The van der Waals surface area contributed by atoms with Gasteiger partial charge in [-0.2, -0.15) is 0 Å². The molecule has 1 nitrogen and oxygen atoms in total. The molecule has 0 aliphatic carbocycles. The smallest absolute Gasteiger partial charge is 0.0931 e. The third-order valence-corrected chi connectivity index (χ3v) is 4.35. The van der Waals surface area contributed by atoms with Crippen LogP contribution < -0.4 is 5.73 Å². The Morgan fingerprint density at radius 2 is 1.83 bits per heavy atom. The quantitative estimate of drug-likeness (QED) is 0.877. The normalized spacial score (nSPS) is 12.6. The molecule has 1 heterocycles. The lowest BCUT2D eigenvalue weighted by molar-refractivity contribution is 0.537. The molecule has 0 saturated carbocycles. The lowest BCUT2D eigenvalue weighted by atomic mass is 9.95. The van der Waals surface area contributed by atoms with Crippen LogP contribution in [0.2, 0.25) is 4.34 Å². The number of nitrogens with two attached hydrogens (primary N) is 1. The van der Waals surface area contributed by atoms with E-state index in [0.717, 1.165) is 17.2 Å². The van der Waals surface area contributed by atoms with Gasteiger partial charge < -0.3 is 5.73 Å². The Hall–Kier alpha value is -0.830. The van der Waals surface area contributed by atoms with E-state index in [4.69, 9.17) is 17.3 Å². The number of hydrogen-bond acceptors (Lipinski definition) is 2. The Kier molecular flexibility index (Phi) is 4.81. The van der Waals surface area contributed by atoms with Crippen molar-refractivity contribution < 1.29 is 0 Å². The molecule has 2 rings (SSSR count). The molecule has 3 heteroatoms. The van der Waals surface area contributed by atoms with Gasteiger partial charge >= 0.3 is 0 Å². The summed E-state index contributed by atoms with van der Waals surface area (Å²) >= 11 is 7.61. The maximum Gasteiger partial charge on any atom is 0.0931 e. The zero-order chi connectivity index (χ0) is 13.0. The topological polar surface area (TPSA) is 26.0 Å². The molecule has 2 N–H and O–H groups in total. The largest absolute Gasteiger partial charge is 0.330 e. The van der Waals surface area contributed by atoms with Crippen LogP contribution in [0.15, 0.2) is 36.4 Å². The minimum atomic E-state index is 0.488. The number of hydrogen-bond donors (Lipinski definition) is 1. The van der Waals surface area contributed by atoms with Gasteiger partial charge in [-0.3, -0.25) is 0 Å². The molecule has 1 aromatic carbocycles. The zero-order valence-corrected chi connectivity index (χ0v) is 12.1. The van der Waals surface area contributed by atoms with Crippen LogP contribution in [0, 0.1) is 12.8 Å². The Bertz CT molecular complexity index is 489. The third kappa shape index (κ3) is 3.84. The van der Waals surface area contributed by atoms with Crippen molar-refractivity contribution in [2.75, 3.05) is 6.54 Å². The van der Waals surface area contributed by atoms with Crippen molar-refractivity contribution in [3.63, 3.8) is 0 Å². The first-order valence-electron chi connectivity index (χ1n) is 6.17. The van der Waals surface area contributed by atoms with Crippen molar-refractivity contribution in [3.05, 3.63) is 56.7 Å². The molecule has 1 aromatic heterocycles. The van der Waals surface area contributed by atoms with E-state index >= 15 is 0 Å². The Morgan fingerprint density at radius 3 is 2.39 bits per heavy atom. The molecule has 1 atom stereocenters. The van der Waals surface area contributed by atoms with Gasteiger partial charge in [0.1, 0.15) is 0 Å². The maximum atomic E-state index is 5.95. The molecule has 0 saturated heterocycles. The highest BCUT2D eigenvalue weighted by Crippen LogP contribution is 2.24. The van der Waals surface area contributed by atoms with E-state index in [2.05, 4.69) is 37.3 Å². The molecule has 0 radical (unpaired) electrons. The van der Waals surface area contributed by atoms with E-state index in [0.29, 0.717) is 12.5 Å². The standard InChI is InChI=1S/C15H18ClNS/c1-11-2-4-12(5-3-11)8-13(10-17)9-14-6-7-15(16)18-14/h2-7,13H,8-10,17H2,1H3. The molecule has 0 aliphatic heterocycles. The van der Waals surface area contributed by atoms with Crippen molar-refractivity contribution in [2.45, 2.75) is 19.8 Å². The van der Waals surface area contributed by atoms with Gasteiger partial charge in [0.15, 0.2) is 0 Å². The molecule has 18 heavy (non-hydrogen) atoms. The maximum absolute atomic E-state index is 5.95. The Morgan fingerprint density at radius 1 is 1.11 bits per heavy atom. The van der Waals surface area contributed by atoms with Crippen LogP contribution >= 0.6 is 22.9 Å². The molecule has 0 spiro atoms. The van der Waals surface area contributed by atoms with Crippen molar-refractivity contribution in [1.29, 1.82) is 0 Å². The van der Waals surface area contributed by atoms with E-state index in [9.17, 15) is 0 Å². The lowest BCUT2D eigenvalue weighted by Gasteiger charge is -2.13. The fraction of sp³-hybridized carbons (Fsp3) is 0.333. The molecular weight excluding hydrogens is 262 g/mol. The van der Waals surface area contributed by atoms with Crippen LogP contribution in [0.1, 0.15) is 16.0 Å². The summed E-state index contributed by atoms with van der Waals surface area (Å²) in [6, 6.07) is 12.8. The van der Waals surface area contributed by atoms with E-state index in [1.165, 1.54) is 16.0 Å². The van der Waals surface area contributed by atoms with E-state index in [1.807, 2.05) is 6.07 Å². The highest BCUT2D eigenvalue weighted by molar-refractivity contribution is 7.16. The van der Waals surface area contributed by atoms with Crippen LogP contribution in [-0.2, 0) is 12.8 Å². The second-order valence-electron chi connectivity index (χ2n) is 4.70. The van der Waals surface area contributed by atoms with E-state index in [1.54, 1.807) is 11.3 Å². The van der Waals surface area contributed by atoms with Crippen LogP contribution in [-0.4, -0.2) is 6.54 Å². The Balaban J connectivity index is 1.99. The molecular formula is C15H18ClNS. The van der Waals surface area contributed by atoms with Gasteiger partial charge in [-0.05, 0) is 49.9 Å². The second kappa shape index (κ2) is 6.37. The summed E-state index contributed by atoms with van der Waals surface area (Å²) in [6.45, 7) is 2.82. The molecule has 2 aromatic rings. The lowest BCUT2D eigenvalue weighted by Crippen LogP contribution is -2.18. The van der Waals surface area contributed by atoms with E-state index < -0.39 is 0 Å². The number of halogens is 1. The number of thiophene rings is 1. The summed E-state index contributed by atoms with van der Waals surface area (Å²) in [5.41, 5.74) is 8.54. The van der Waals surface area contributed by atoms with Crippen LogP contribution in [0.3, 0.4) is 0 Å². The predicted molar refractivity (Wildman–Crippen MR) is 80.5 cm³/mol. The van der Waals surface area contributed by atoms with E-state index in [-0.39, 0.29) is 0 Å². The predicted octanol–water partition coefficient (Wildman–Crippen LogP) is 4.07. The SMILES string of the molecule is Cc1ccc(CC(CN)Cc2ccc(Cl)s2)cc1. The minimum absolute atomic E-state index is 0.488. The molecule has 0 aliphatic rings. The fourth-order valence-electron chi connectivity index (χ4n) is 2.04. The van der Waals surface area contributed by atoms with Gasteiger partial charge in [0.05, 0.1) is 4.34 Å². The third-order valence-electron chi connectivity index (χ3n) is 3.10. The van der Waals surface area contributed by atoms with Gasteiger partial charge in [-0.25, -0.2) is 0 Å². The first-order chi connectivity index (χ1) is 8.67. The van der Waals surface area contributed by atoms with Crippen molar-refractivity contribution >= 4 is 22.9 Å². The average molecular weight is 280 g/mol. The molecule has 1 unspecified atom stereocenters. The second-order valence-corrected chi connectivity index (χ2v) is 6.50. The monoisotopic (exact) mass is 279 g/mol. The summed E-state index contributed by atoms with van der Waals surface area (Å²) < 4.78 is 0.858. The summed E-state index contributed by atoms with van der Waals surface area (Å²) in [7, 11) is 0. The number of benzene rings is 1. The summed E-state index contributed by atoms with van der Waals surface area (Å²) in [6.07, 6.45) is 2.05. The molecule has 0 bridgehead atoms. The summed E-state index contributed by atoms with van der Waals surface area (Å²) in [4.78, 5) is 1.32. The first-order valence-corrected chi connectivity index (χ1v) is 7.36. The van der Waals surface area contributed by atoms with Crippen LogP contribution in [0.25, 0.3) is 0 Å². The Labute approximate surface area is 118 Å². The molecule has 0 amide bonds. The van der Waals surface area contributed by atoms with Crippen LogP contribution in [0.5, 0.6) is 0 Å². The van der Waals surface area contributed by atoms with Gasteiger partial charge in [0.25, 0.3) is 0 Å². The van der Waals surface area contributed by atoms with Crippen LogP contribution in [0.4, 0.5) is 0 Å². The van der Waals surface area contributed by atoms with Crippen molar-refractivity contribution in [2.24, 2.45) is 11.7 Å². The highest BCUT2D eigenvalue weighted by Gasteiger charge is 2.10. The first kappa shape index (κ1) is 13.6. The average Bonchev–Trinajstić information content (AvgIpc) is 2.77. The molecule has 0 fully saturated rings. The highest BCUT2D eigenvalue weighted by atomic mass is 35.5. The van der Waals surface area contributed by atoms with Gasteiger partial charge in [-0.1, -0.05) is 41.4 Å². The summed E-state index contributed by atoms with van der Waals surface area (Å²) in [5, 5.41) is 0. The van der Waals surface area contributed by atoms with Gasteiger partial charge in [0, 0.05) is 4.88 Å². The fourth-order valence-corrected chi connectivity index (χ4v) is 3.24. The van der Waals surface area contributed by atoms with Gasteiger partial charge in [-0.15, -0.1) is 11.3 Å². The van der Waals surface area contributed by atoms with Gasteiger partial charge in [0.2, 0.25) is 0 Å². The number of rotatable bonds is 5. The summed E-state index contributed by atoms with van der Waals surface area (Å²) in [5.74, 6) is 0.488. The van der Waals surface area contributed by atoms with Crippen molar-refractivity contribution in [1.82, 2.24) is 0 Å². The van der Waals surface area contributed by atoms with Crippen molar-refractivity contribution in [3.8, 4) is 0 Å². The number of aryl methyl sites for hydroxylation is 1. The molecule has 96 valence electrons. The minimum Gasteiger partial charge on any atom is -0.330 e.